The van der Waals surface area contributed by atoms with E-state index in [0.29, 0.717) is 11.3 Å². The van der Waals surface area contributed by atoms with Crippen LogP contribution in [0.15, 0.2) is 48.6 Å². The van der Waals surface area contributed by atoms with Crippen molar-refractivity contribution in [3.8, 4) is 0 Å². The maximum atomic E-state index is 12.5. The van der Waals surface area contributed by atoms with Crippen molar-refractivity contribution in [1.82, 2.24) is 0 Å². The van der Waals surface area contributed by atoms with Crippen LogP contribution in [0.25, 0.3) is 0 Å². The Morgan fingerprint density at radius 1 is 1.17 bits per heavy atom. The minimum absolute atomic E-state index is 0.0907. The van der Waals surface area contributed by atoms with Crippen molar-refractivity contribution >= 4 is 28.9 Å². The molecule has 3 rings (SSSR count). The van der Waals surface area contributed by atoms with E-state index in [-0.39, 0.29) is 17.9 Å². The van der Waals surface area contributed by atoms with Crippen LogP contribution in [0.1, 0.15) is 65.6 Å². The van der Waals surface area contributed by atoms with E-state index in [1.807, 2.05) is 11.0 Å². The molecular formula is C25H31NO3S. The molecule has 4 nitrogen and oxygen atoms in total. The van der Waals surface area contributed by atoms with Crippen LogP contribution in [0.2, 0.25) is 0 Å². The summed E-state index contributed by atoms with van der Waals surface area (Å²) in [5, 5.41) is 0. The van der Waals surface area contributed by atoms with Gasteiger partial charge in [0.25, 0.3) is 0 Å². The van der Waals surface area contributed by atoms with E-state index in [0.717, 1.165) is 29.8 Å². The fourth-order valence-electron chi connectivity index (χ4n) is 3.84. The zero-order valence-corrected chi connectivity index (χ0v) is 18.7. The molecule has 0 bridgehead atoms. The van der Waals surface area contributed by atoms with Gasteiger partial charge >= 0.3 is 5.97 Å². The van der Waals surface area contributed by atoms with Gasteiger partial charge in [0.2, 0.25) is 5.91 Å². The monoisotopic (exact) mass is 425 g/mol. The number of rotatable bonds is 10. The molecule has 0 N–H and O–H groups in total. The third-order valence-electron chi connectivity index (χ3n) is 5.51. The van der Waals surface area contributed by atoms with Crippen LogP contribution in [0.3, 0.4) is 0 Å². The predicted molar refractivity (Wildman–Crippen MR) is 123 cm³/mol. The lowest BCUT2D eigenvalue weighted by Gasteiger charge is -2.23. The van der Waals surface area contributed by atoms with Crippen molar-refractivity contribution in [2.45, 2.75) is 64.3 Å². The highest BCUT2D eigenvalue weighted by Crippen LogP contribution is 2.28. The van der Waals surface area contributed by atoms with E-state index >= 15 is 0 Å². The molecule has 1 unspecified atom stereocenters. The predicted octanol–water partition coefficient (Wildman–Crippen LogP) is 5.95. The number of aryl methyl sites for hydroxylation is 1. The number of carbonyl (C=O) groups excluding carboxylic acids is 2. The first-order chi connectivity index (χ1) is 14.6. The largest absolute Gasteiger partial charge is 0.465 e. The van der Waals surface area contributed by atoms with Crippen LogP contribution in [0.4, 0.5) is 5.69 Å². The quantitative estimate of drug-likeness (QED) is 0.268. The van der Waals surface area contributed by atoms with Crippen molar-refractivity contribution in [3.63, 3.8) is 0 Å². The van der Waals surface area contributed by atoms with Gasteiger partial charge in [-0.25, -0.2) is 4.79 Å². The maximum Gasteiger partial charge on any atom is 0.348 e. The van der Waals surface area contributed by atoms with E-state index in [2.05, 4.69) is 43.3 Å². The molecule has 1 amide bonds. The van der Waals surface area contributed by atoms with Crippen LogP contribution in [0.5, 0.6) is 0 Å². The fourth-order valence-corrected chi connectivity index (χ4v) is 4.74. The third kappa shape index (κ3) is 5.82. The SMILES string of the molecule is CCCCCCc1ccc(N2C(=O)CCC2/C=C\Cc2ccc(C(=O)OC)s2)cc1. The third-order valence-corrected chi connectivity index (χ3v) is 6.60. The number of esters is 1. The second kappa shape index (κ2) is 11.1. The first kappa shape index (κ1) is 22.3. The van der Waals surface area contributed by atoms with E-state index in [9.17, 15) is 9.59 Å². The standard InChI is InChI=1S/C25H31NO3S/c1-3-4-5-6-8-19-11-13-21(14-12-19)26-20(15-18-24(26)27)9-7-10-22-16-17-23(30-22)25(28)29-2/h7,9,11-14,16-17,20H,3-6,8,10,15,18H2,1-2H3/b9-7-. The summed E-state index contributed by atoms with van der Waals surface area (Å²) in [6.45, 7) is 2.23. The van der Waals surface area contributed by atoms with Gasteiger partial charge in [0, 0.05) is 17.0 Å². The van der Waals surface area contributed by atoms with Crippen LogP contribution in [0, 0.1) is 0 Å². The highest BCUT2D eigenvalue weighted by atomic mass is 32.1. The summed E-state index contributed by atoms with van der Waals surface area (Å²) in [6, 6.07) is 12.3. The molecule has 1 saturated heterocycles. The van der Waals surface area contributed by atoms with Crippen molar-refractivity contribution in [3.05, 3.63) is 63.9 Å². The lowest BCUT2D eigenvalue weighted by molar-refractivity contribution is -0.117. The number of allylic oxidation sites excluding steroid dienone is 1. The first-order valence-corrected chi connectivity index (χ1v) is 11.7. The van der Waals surface area contributed by atoms with Gasteiger partial charge in [-0.15, -0.1) is 11.3 Å². The number of anilines is 1. The highest BCUT2D eigenvalue weighted by Gasteiger charge is 2.30. The van der Waals surface area contributed by atoms with E-state index in [4.69, 9.17) is 4.74 Å². The molecule has 0 saturated carbocycles. The van der Waals surface area contributed by atoms with Crippen molar-refractivity contribution in [1.29, 1.82) is 0 Å². The number of benzene rings is 1. The Morgan fingerprint density at radius 2 is 1.97 bits per heavy atom. The molecule has 2 aromatic rings. The number of methoxy groups -OCH3 is 1. The molecule has 160 valence electrons. The van der Waals surface area contributed by atoms with Crippen molar-refractivity contribution in [2.24, 2.45) is 0 Å². The molecular weight excluding hydrogens is 394 g/mol. The van der Waals surface area contributed by atoms with E-state index < -0.39 is 0 Å². The second-order valence-electron chi connectivity index (χ2n) is 7.74. The Balaban J connectivity index is 1.59. The van der Waals surface area contributed by atoms with Crippen molar-refractivity contribution in [2.75, 3.05) is 12.0 Å². The number of unbranched alkanes of at least 4 members (excludes halogenated alkanes) is 3. The van der Waals surface area contributed by atoms with E-state index in [1.165, 1.54) is 49.7 Å². The van der Waals surface area contributed by atoms with Gasteiger partial charge in [-0.05, 0) is 55.5 Å². The number of amides is 1. The summed E-state index contributed by atoms with van der Waals surface area (Å²) in [7, 11) is 1.40. The molecule has 0 spiro atoms. The molecule has 1 aliphatic rings. The van der Waals surface area contributed by atoms with Gasteiger partial charge in [-0.1, -0.05) is 50.5 Å². The maximum absolute atomic E-state index is 12.5. The summed E-state index contributed by atoms with van der Waals surface area (Å²) in [4.78, 5) is 27.7. The minimum Gasteiger partial charge on any atom is -0.465 e. The van der Waals surface area contributed by atoms with Gasteiger partial charge < -0.3 is 9.64 Å². The van der Waals surface area contributed by atoms with Gasteiger partial charge in [0.1, 0.15) is 4.88 Å². The van der Waals surface area contributed by atoms with Crippen LogP contribution in [-0.2, 0) is 22.4 Å². The summed E-state index contributed by atoms with van der Waals surface area (Å²) in [5.74, 6) is -0.110. The van der Waals surface area contributed by atoms with Gasteiger partial charge in [-0.3, -0.25) is 4.79 Å². The number of nitrogens with zero attached hydrogens (tertiary/aromatic N) is 1. The molecule has 1 atom stereocenters. The Hall–Kier alpha value is -2.40. The first-order valence-electron chi connectivity index (χ1n) is 10.9. The molecule has 1 aromatic carbocycles. The van der Waals surface area contributed by atoms with Crippen LogP contribution >= 0.6 is 11.3 Å². The molecule has 30 heavy (non-hydrogen) atoms. The lowest BCUT2D eigenvalue weighted by atomic mass is 10.1. The molecule has 0 radical (unpaired) electrons. The fraction of sp³-hybridized carbons (Fsp3) is 0.440. The number of carbonyl (C=O) groups is 2. The number of ether oxygens (including phenoxy) is 1. The average molecular weight is 426 g/mol. The molecule has 5 heteroatoms. The van der Waals surface area contributed by atoms with Gasteiger partial charge in [0.05, 0.1) is 13.2 Å². The summed E-state index contributed by atoms with van der Waals surface area (Å²) < 4.78 is 4.76. The second-order valence-corrected chi connectivity index (χ2v) is 8.91. The summed E-state index contributed by atoms with van der Waals surface area (Å²) >= 11 is 1.45. The summed E-state index contributed by atoms with van der Waals surface area (Å²) in [5.41, 5.74) is 2.32. The molecule has 1 aromatic heterocycles. The number of hydrogen-bond acceptors (Lipinski definition) is 4. The van der Waals surface area contributed by atoms with Gasteiger partial charge in [-0.2, -0.15) is 0 Å². The number of thiophene rings is 1. The molecule has 1 fully saturated rings. The Kier molecular flexibility index (Phi) is 8.26. The van der Waals surface area contributed by atoms with Crippen LogP contribution in [-0.4, -0.2) is 25.0 Å². The highest BCUT2D eigenvalue weighted by molar-refractivity contribution is 7.13. The molecule has 1 aliphatic heterocycles. The van der Waals surface area contributed by atoms with Crippen molar-refractivity contribution < 1.29 is 14.3 Å². The van der Waals surface area contributed by atoms with Gasteiger partial charge in [0.15, 0.2) is 0 Å². The zero-order chi connectivity index (χ0) is 21.3. The Bertz CT molecular complexity index is 869. The molecule has 2 heterocycles. The minimum atomic E-state index is -0.295. The smallest absolute Gasteiger partial charge is 0.348 e. The zero-order valence-electron chi connectivity index (χ0n) is 17.9. The normalized spacial score (nSPS) is 16.5. The Labute approximate surface area is 183 Å². The average Bonchev–Trinajstić information content (AvgIpc) is 3.38. The Morgan fingerprint density at radius 3 is 2.70 bits per heavy atom. The summed E-state index contributed by atoms with van der Waals surface area (Å²) in [6.07, 6.45) is 12.6. The molecule has 0 aliphatic carbocycles. The van der Waals surface area contributed by atoms with Crippen LogP contribution < -0.4 is 4.90 Å². The topological polar surface area (TPSA) is 46.6 Å². The lowest BCUT2D eigenvalue weighted by Crippen LogP contribution is -2.31. The van der Waals surface area contributed by atoms with E-state index in [1.54, 1.807) is 6.07 Å². The number of hydrogen-bond donors (Lipinski definition) is 0.